The van der Waals surface area contributed by atoms with E-state index in [1.54, 1.807) is 6.08 Å². The molecule has 2 rings (SSSR count). The Morgan fingerprint density at radius 3 is 2.52 bits per heavy atom. The van der Waals surface area contributed by atoms with Crippen LogP contribution >= 0.6 is 0 Å². The third-order valence-electron chi connectivity index (χ3n) is 3.61. The largest absolute Gasteiger partial charge is 0.346 e. The molecule has 1 fully saturated rings. The molecular weight excluding hydrogens is 266 g/mol. The van der Waals surface area contributed by atoms with Crippen LogP contribution in [0.4, 0.5) is 4.79 Å². The smallest absolute Gasteiger partial charge is 0.329 e. The van der Waals surface area contributed by atoms with Gasteiger partial charge in [-0.2, -0.15) is 0 Å². The van der Waals surface area contributed by atoms with E-state index in [0.29, 0.717) is 11.7 Å². The highest BCUT2D eigenvalue weighted by molar-refractivity contribution is 6.14. The van der Waals surface area contributed by atoms with E-state index < -0.39 is 6.03 Å². The maximum atomic E-state index is 12.2. The zero-order valence-corrected chi connectivity index (χ0v) is 12.9. The van der Waals surface area contributed by atoms with Crippen molar-refractivity contribution in [3.63, 3.8) is 0 Å². The van der Waals surface area contributed by atoms with Crippen LogP contribution in [-0.4, -0.2) is 28.0 Å². The zero-order chi connectivity index (χ0) is 15.7. The Morgan fingerprint density at radius 2 is 2.00 bits per heavy atom. The molecule has 0 atom stereocenters. The van der Waals surface area contributed by atoms with Gasteiger partial charge in [0.05, 0.1) is 0 Å². The highest BCUT2D eigenvalue weighted by atomic mass is 16.2. The summed E-state index contributed by atoms with van der Waals surface area (Å²) in [5, 5.41) is 2.61. The molecule has 1 aromatic rings. The minimum atomic E-state index is -0.399. The first-order valence-electron chi connectivity index (χ1n) is 7.00. The van der Waals surface area contributed by atoms with Crippen molar-refractivity contribution in [2.75, 3.05) is 6.54 Å². The summed E-state index contributed by atoms with van der Waals surface area (Å²) >= 11 is 0. The zero-order valence-electron chi connectivity index (χ0n) is 12.9. The summed E-state index contributed by atoms with van der Waals surface area (Å²) in [4.78, 5) is 25.0. The number of carbonyl (C=O) groups excluding carboxylic acids is 2. The molecule has 5 nitrogen and oxygen atoms in total. The van der Waals surface area contributed by atoms with Crippen molar-refractivity contribution in [2.24, 2.45) is 0 Å². The van der Waals surface area contributed by atoms with Crippen molar-refractivity contribution in [2.45, 2.75) is 33.7 Å². The minimum Gasteiger partial charge on any atom is -0.346 e. The number of rotatable bonds is 4. The Hall–Kier alpha value is -2.30. The lowest BCUT2D eigenvalue weighted by Crippen LogP contribution is -2.30. The van der Waals surface area contributed by atoms with Gasteiger partial charge in [0.1, 0.15) is 5.70 Å². The van der Waals surface area contributed by atoms with Gasteiger partial charge in [0.25, 0.3) is 5.91 Å². The van der Waals surface area contributed by atoms with Crippen LogP contribution in [0.3, 0.4) is 0 Å². The summed E-state index contributed by atoms with van der Waals surface area (Å²) < 4.78 is 2.20. The van der Waals surface area contributed by atoms with Crippen LogP contribution in [0.1, 0.15) is 36.8 Å². The lowest BCUT2D eigenvalue weighted by atomic mass is 10.2. The summed E-state index contributed by atoms with van der Waals surface area (Å²) in [6.45, 7) is 12.1. The van der Waals surface area contributed by atoms with Crippen molar-refractivity contribution in [1.29, 1.82) is 0 Å². The Labute approximate surface area is 124 Å². The summed E-state index contributed by atoms with van der Waals surface area (Å²) in [6.07, 6.45) is 3.27. The molecule has 0 aliphatic carbocycles. The molecule has 0 bridgehead atoms. The number of aryl methyl sites for hydroxylation is 1. The van der Waals surface area contributed by atoms with Gasteiger partial charge < -0.3 is 9.88 Å². The van der Waals surface area contributed by atoms with E-state index in [-0.39, 0.29) is 12.5 Å². The van der Waals surface area contributed by atoms with Crippen LogP contribution in [0.15, 0.2) is 24.4 Å². The fraction of sp³-hybridized carbons (Fsp3) is 0.375. The number of hydrogen-bond donors (Lipinski definition) is 1. The van der Waals surface area contributed by atoms with Gasteiger partial charge in [-0.15, -0.1) is 6.58 Å². The van der Waals surface area contributed by atoms with Crippen LogP contribution in [0.5, 0.6) is 0 Å². The molecular formula is C16H21N3O2. The van der Waals surface area contributed by atoms with E-state index in [9.17, 15) is 9.59 Å². The maximum Gasteiger partial charge on any atom is 0.329 e. The first-order chi connectivity index (χ1) is 9.86. The number of carbonyl (C=O) groups is 2. The molecule has 0 aromatic carbocycles. The Bertz CT molecular complexity index is 638. The van der Waals surface area contributed by atoms with Crippen molar-refractivity contribution in [1.82, 2.24) is 14.8 Å². The molecule has 0 saturated carbocycles. The summed E-state index contributed by atoms with van der Waals surface area (Å²) in [6, 6.07) is 1.98. The Balaban J connectivity index is 2.37. The molecule has 0 spiro atoms. The summed E-state index contributed by atoms with van der Waals surface area (Å²) in [5.41, 5.74) is 3.48. The first-order valence-corrected chi connectivity index (χ1v) is 7.00. The van der Waals surface area contributed by atoms with Crippen molar-refractivity contribution in [3.05, 3.63) is 41.4 Å². The van der Waals surface area contributed by atoms with Gasteiger partial charge in [0, 0.05) is 24.0 Å². The standard InChI is InChI=1S/C16H21N3O2/c1-6-7-18-15(20)14(17-16(18)21)9-13-8-11(4)19(10(2)3)12(13)5/h6,8-10H,1,7H2,2-5H3,(H,17,21)/b14-9+. The highest BCUT2D eigenvalue weighted by Crippen LogP contribution is 2.23. The van der Waals surface area contributed by atoms with E-state index in [1.165, 1.54) is 6.08 Å². The summed E-state index contributed by atoms with van der Waals surface area (Å²) in [7, 11) is 0. The molecule has 0 unspecified atom stereocenters. The molecule has 0 radical (unpaired) electrons. The number of hydrogen-bond acceptors (Lipinski definition) is 2. The monoisotopic (exact) mass is 287 g/mol. The van der Waals surface area contributed by atoms with Crippen molar-refractivity contribution < 1.29 is 9.59 Å². The molecule has 21 heavy (non-hydrogen) atoms. The topological polar surface area (TPSA) is 54.3 Å². The molecule has 1 saturated heterocycles. The van der Waals surface area contributed by atoms with Gasteiger partial charge in [-0.05, 0) is 45.4 Å². The van der Waals surface area contributed by atoms with E-state index in [1.807, 2.05) is 19.9 Å². The number of nitrogens with zero attached hydrogens (tertiary/aromatic N) is 2. The van der Waals surface area contributed by atoms with Gasteiger partial charge in [-0.1, -0.05) is 6.08 Å². The van der Waals surface area contributed by atoms with Crippen LogP contribution in [0, 0.1) is 13.8 Å². The minimum absolute atomic E-state index is 0.215. The van der Waals surface area contributed by atoms with Crippen LogP contribution in [0.25, 0.3) is 6.08 Å². The molecule has 1 aliphatic heterocycles. The van der Waals surface area contributed by atoms with E-state index in [4.69, 9.17) is 0 Å². The SMILES string of the molecule is C=CCN1C(=O)N/C(=C/c2cc(C)n(C(C)C)c2C)C1=O. The van der Waals surface area contributed by atoms with Crippen molar-refractivity contribution in [3.8, 4) is 0 Å². The number of aromatic nitrogens is 1. The highest BCUT2D eigenvalue weighted by Gasteiger charge is 2.32. The van der Waals surface area contributed by atoms with E-state index >= 15 is 0 Å². The van der Waals surface area contributed by atoms with Gasteiger partial charge >= 0.3 is 6.03 Å². The van der Waals surface area contributed by atoms with Crippen LogP contribution < -0.4 is 5.32 Å². The number of imide groups is 1. The molecule has 112 valence electrons. The predicted molar refractivity (Wildman–Crippen MR) is 82.7 cm³/mol. The second kappa shape index (κ2) is 5.60. The second-order valence-electron chi connectivity index (χ2n) is 5.48. The quantitative estimate of drug-likeness (QED) is 0.526. The van der Waals surface area contributed by atoms with Gasteiger partial charge in [-0.3, -0.25) is 9.69 Å². The molecule has 1 aromatic heterocycles. The van der Waals surface area contributed by atoms with E-state index in [0.717, 1.165) is 21.9 Å². The molecule has 5 heteroatoms. The lowest BCUT2D eigenvalue weighted by molar-refractivity contribution is -0.122. The van der Waals surface area contributed by atoms with Gasteiger partial charge in [0.15, 0.2) is 0 Å². The number of urea groups is 1. The number of nitrogens with one attached hydrogen (secondary N) is 1. The first kappa shape index (κ1) is 15.1. The third kappa shape index (κ3) is 2.63. The Morgan fingerprint density at radius 1 is 1.33 bits per heavy atom. The average Bonchev–Trinajstić information content (AvgIpc) is 2.81. The van der Waals surface area contributed by atoms with Crippen LogP contribution in [-0.2, 0) is 4.79 Å². The second-order valence-corrected chi connectivity index (χ2v) is 5.48. The van der Waals surface area contributed by atoms with Gasteiger partial charge in [0.2, 0.25) is 0 Å². The molecule has 2 heterocycles. The average molecular weight is 287 g/mol. The fourth-order valence-electron chi connectivity index (χ4n) is 2.77. The third-order valence-corrected chi connectivity index (χ3v) is 3.61. The predicted octanol–water partition coefficient (Wildman–Crippen LogP) is 2.76. The van der Waals surface area contributed by atoms with E-state index in [2.05, 4.69) is 30.3 Å². The summed E-state index contributed by atoms with van der Waals surface area (Å²) in [5.74, 6) is -0.311. The fourth-order valence-corrected chi connectivity index (χ4v) is 2.77. The van der Waals surface area contributed by atoms with Crippen molar-refractivity contribution >= 4 is 18.0 Å². The normalized spacial score (nSPS) is 17.0. The lowest BCUT2D eigenvalue weighted by Gasteiger charge is -2.13. The van der Waals surface area contributed by atoms with Crippen LogP contribution in [0.2, 0.25) is 0 Å². The maximum absolute atomic E-state index is 12.2. The Kier molecular flexibility index (Phi) is 4.02. The van der Waals surface area contributed by atoms with Gasteiger partial charge in [-0.25, -0.2) is 4.79 Å². The molecule has 3 amide bonds. The molecule has 1 aliphatic rings. The molecule has 1 N–H and O–H groups in total. The number of amides is 3.